The summed E-state index contributed by atoms with van der Waals surface area (Å²) in [5.41, 5.74) is 0. The highest BCUT2D eigenvalue weighted by Crippen LogP contribution is 2.33. The van der Waals surface area contributed by atoms with E-state index in [1.54, 1.807) is 0 Å². The maximum Gasteiger partial charge on any atom is 0.407 e. The second kappa shape index (κ2) is 16.7. The molecule has 1 saturated heterocycles. The average molecular weight is 541 g/mol. The summed E-state index contributed by atoms with van der Waals surface area (Å²) in [5, 5.41) is 54.8. The summed E-state index contributed by atoms with van der Waals surface area (Å²) < 4.78 is 25.8. The molecule has 0 radical (unpaired) electrons. The van der Waals surface area contributed by atoms with Gasteiger partial charge in [-0.2, -0.15) is 0 Å². The maximum absolute atomic E-state index is 12.4. The van der Waals surface area contributed by atoms with Gasteiger partial charge in [0.25, 0.3) is 5.79 Å². The van der Waals surface area contributed by atoms with E-state index in [9.17, 15) is 39.9 Å². The smallest absolute Gasteiger partial charge is 0.407 e. The van der Waals surface area contributed by atoms with Gasteiger partial charge in [0.05, 0.1) is 45.2 Å². The number of aliphatic carboxylic acids is 1. The summed E-state index contributed by atoms with van der Waals surface area (Å²) in [6.45, 7) is 2.99. The van der Waals surface area contributed by atoms with E-state index >= 15 is 0 Å². The van der Waals surface area contributed by atoms with Gasteiger partial charge in [-0.15, -0.1) is 0 Å². The normalized spacial score (nSPS) is 25.4. The second-order valence-corrected chi connectivity index (χ2v) is 8.87. The quantitative estimate of drug-likeness (QED) is 0.0954. The van der Waals surface area contributed by atoms with Crippen molar-refractivity contribution >= 4 is 18.0 Å². The van der Waals surface area contributed by atoms with E-state index in [0.717, 1.165) is 0 Å². The van der Waals surface area contributed by atoms with Crippen LogP contribution < -0.4 is 10.6 Å². The third-order valence-electron chi connectivity index (χ3n) is 5.46. The Bertz CT molecular complexity index is 710. The molecule has 0 bridgehead atoms. The molecule has 0 aromatic carbocycles. The van der Waals surface area contributed by atoms with Crippen molar-refractivity contribution in [3.05, 3.63) is 0 Å². The first kappa shape index (κ1) is 32.9. The van der Waals surface area contributed by atoms with Gasteiger partial charge in [0.15, 0.2) is 0 Å². The van der Waals surface area contributed by atoms with E-state index < -0.39 is 73.8 Å². The van der Waals surface area contributed by atoms with Gasteiger partial charge in [-0.3, -0.25) is 4.79 Å². The molecule has 1 heterocycles. The summed E-state index contributed by atoms with van der Waals surface area (Å²) in [7, 11) is 1.51. The van der Waals surface area contributed by atoms with Gasteiger partial charge in [-0.1, -0.05) is 13.8 Å². The van der Waals surface area contributed by atoms with Crippen LogP contribution in [-0.2, 0) is 33.3 Å². The van der Waals surface area contributed by atoms with E-state index in [1.165, 1.54) is 7.11 Å². The summed E-state index contributed by atoms with van der Waals surface area (Å²) in [5.74, 6) is -4.61. The summed E-state index contributed by atoms with van der Waals surface area (Å²) in [4.78, 5) is 36.2. The molecular formula is C22H40N2O13. The number of carbonyl (C=O) groups excluding carboxylic acids is 2. The van der Waals surface area contributed by atoms with Crippen LogP contribution in [0.25, 0.3) is 0 Å². The van der Waals surface area contributed by atoms with Crippen LogP contribution in [0, 0.1) is 5.92 Å². The van der Waals surface area contributed by atoms with E-state index in [1.807, 2.05) is 13.8 Å². The molecular weight excluding hydrogens is 500 g/mol. The van der Waals surface area contributed by atoms with Gasteiger partial charge < -0.3 is 59.9 Å². The molecule has 0 saturated carbocycles. The molecule has 15 nitrogen and oxygen atoms in total. The topological polar surface area (TPSA) is 223 Å². The van der Waals surface area contributed by atoms with Gasteiger partial charge in [0, 0.05) is 13.5 Å². The number of rotatable bonds is 17. The average Bonchev–Trinajstić information content (AvgIpc) is 2.84. The van der Waals surface area contributed by atoms with Crippen molar-refractivity contribution in [1.82, 2.24) is 10.6 Å². The van der Waals surface area contributed by atoms with Gasteiger partial charge in [-0.25, -0.2) is 9.59 Å². The predicted octanol–water partition coefficient (Wildman–Crippen LogP) is -2.43. The van der Waals surface area contributed by atoms with Crippen molar-refractivity contribution in [1.29, 1.82) is 0 Å². The number of amides is 2. The molecule has 1 rings (SSSR count). The molecule has 15 heteroatoms. The second-order valence-electron chi connectivity index (χ2n) is 8.87. The third-order valence-corrected chi connectivity index (χ3v) is 5.46. The van der Waals surface area contributed by atoms with Gasteiger partial charge in [0.1, 0.15) is 31.5 Å². The molecule has 6 atom stereocenters. The van der Waals surface area contributed by atoms with Crippen LogP contribution in [-0.4, -0.2) is 133 Å². The molecule has 216 valence electrons. The van der Waals surface area contributed by atoms with Gasteiger partial charge >= 0.3 is 12.1 Å². The first-order valence-electron chi connectivity index (χ1n) is 11.9. The van der Waals surface area contributed by atoms with Crippen molar-refractivity contribution in [3.63, 3.8) is 0 Å². The van der Waals surface area contributed by atoms with Gasteiger partial charge in [0.2, 0.25) is 5.91 Å². The number of nitrogens with one attached hydrogen (secondary N) is 2. The maximum atomic E-state index is 12.4. The third kappa shape index (κ3) is 11.0. The fourth-order valence-electron chi connectivity index (χ4n) is 3.38. The van der Waals surface area contributed by atoms with Crippen LogP contribution in [0.1, 0.15) is 26.7 Å². The molecule has 1 aliphatic rings. The first-order valence-corrected chi connectivity index (χ1v) is 11.9. The summed E-state index contributed by atoms with van der Waals surface area (Å²) >= 11 is 0. The number of ether oxygens (including phenoxy) is 5. The predicted molar refractivity (Wildman–Crippen MR) is 124 cm³/mol. The van der Waals surface area contributed by atoms with Crippen molar-refractivity contribution in [2.45, 2.75) is 62.9 Å². The SMILES string of the molecule is COCCOCCOC(=O)NCC(=O)NC1C(O)CC(OCCC(C)C)(C(=O)O)OC1C(O)C(O)CO. The Morgan fingerprint density at radius 2 is 1.78 bits per heavy atom. The molecule has 0 spiro atoms. The zero-order valence-corrected chi connectivity index (χ0v) is 21.3. The zero-order chi connectivity index (χ0) is 28.0. The lowest BCUT2D eigenvalue weighted by molar-refractivity contribution is -0.311. The minimum atomic E-state index is -2.37. The molecule has 6 unspecified atom stereocenters. The molecule has 2 amide bonds. The number of aliphatic hydroxyl groups excluding tert-OH is 4. The Balaban J connectivity index is 2.81. The molecule has 1 aliphatic heterocycles. The van der Waals surface area contributed by atoms with Crippen LogP contribution >= 0.6 is 0 Å². The van der Waals surface area contributed by atoms with E-state index in [0.29, 0.717) is 19.6 Å². The number of aliphatic hydroxyl groups is 4. The highest BCUT2D eigenvalue weighted by Gasteiger charge is 2.55. The van der Waals surface area contributed by atoms with Crippen LogP contribution in [0.2, 0.25) is 0 Å². The number of carbonyl (C=O) groups is 3. The Labute approximate surface area is 215 Å². The summed E-state index contributed by atoms with van der Waals surface area (Å²) in [6.07, 6.45) is -8.04. The van der Waals surface area contributed by atoms with Crippen molar-refractivity contribution in [2.75, 3.05) is 53.3 Å². The lowest BCUT2D eigenvalue weighted by atomic mass is 9.88. The standard InChI is InChI=1S/C22H40N2O13/c1-13(2)4-5-36-22(20(30)31)10-14(26)17(19(37-22)18(29)15(27)12-25)24-16(28)11-23-21(32)35-9-8-34-7-6-33-3/h13-15,17-19,25-27,29H,4-12H2,1-3H3,(H,23,32)(H,24,28)(H,30,31). The number of carboxylic acid groups (broad SMARTS) is 1. The highest BCUT2D eigenvalue weighted by molar-refractivity contribution is 5.82. The Morgan fingerprint density at radius 1 is 1.11 bits per heavy atom. The van der Waals surface area contributed by atoms with Crippen LogP contribution in [0.4, 0.5) is 4.79 Å². The number of carboxylic acids is 1. The van der Waals surface area contributed by atoms with Crippen LogP contribution in [0.5, 0.6) is 0 Å². The molecule has 0 aliphatic carbocycles. The van der Waals surface area contributed by atoms with Crippen LogP contribution in [0.3, 0.4) is 0 Å². The van der Waals surface area contributed by atoms with Crippen molar-refractivity contribution in [2.24, 2.45) is 5.92 Å². The van der Waals surface area contributed by atoms with Crippen molar-refractivity contribution in [3.8, 4) is 0 Å². The minimum absolute atomic E-state index is 0.0392. The lowest BCUT2D eigenvalue weighted by Crippen LogP contribution is -2.68. The molecule has 7 N–H and O–H groups in total. The lowest BCUT2D eigenvalue weighted by Gasteiger charge is -2.46. The van der Waals surface area contributed by atoms with E-state index in [-0.39, 0.29) is 25.7 Å². The minimum Gasteiger partial charge on any atom is -0.477 e. The number of methoxy groups -OCH3 is 1. The van der Waals surface area contributed by atoms with E-state index in [2.05, 4.69) is 10.6 Å². The fourth-order valence-corrected chi connectivity index (χ4v) is 3.38. The Hall–Kier alpha value is -2.11. The van der Waals surface area contributed by atoms with E-state index in [4.69, 9.17) is 23.7 Å². The monoisotopic (exact) mass is 540 g/mol. The first-order chi connectivity index (χ1) is 17.5. The molecule has 37 heavy (non-hydrogen) atoms. The fraction of sp³-hybridized carbons (Fsp3) is 0.864. The van der Waals surface area contributed by atoms with Crippen molar-refractivity contribution < 1.29 is 63.6 Å². The molecule has 0 aromatic rings. The number of hydrogen-bond acceptors (Lipinski definition) is 12. The number of hydrogen-bond donors (Lipinski definition) is 7. The molecule has 1 fully saturated rings. The summed E-state index contributed by atoms with van der Waals surface area (Å²) in [6, 6.07) is -1.42. The largest absolute Gasteiger partial charge is 0.477 e. The Morgan fingerprint density at radius 3 is 2.38 bits per heavy atom. The Kier molecular flexibility index (Phi) is 14.8. The zero-order valence-electron chi connectivity index (χ0n) is 21.3. The highest BCUT2D eigenvalue weighted by atomic mass is 16.7. The molecule has 0 aromatic heterocycles. The van der Waals surface area contributed by atoms with Crippen LogP contribution in [0.15, 0.2) is 0 Å². The number of alkyl carbamates (subject to hydrolysis) is 1. The van der Waals surface area contributed by atoms with Gasteiger partial charge in [-0.05, 0) is 12.3 Å².